The Morgan fingerprint density at radius 1 is 1.69 bits per heavy atom. The first-order valence-electron chi connectivity index (χ1n) is 4.38. The zero-order valence-electron chi connectivity index (χ0n) is 8.42. The van der Waals surface area contributed by atoms with Crippen LogP contribution in [-0.4, -0.2) is 23.4 Å². The van der Waals surface area contributed by atoms with Crippen molar-refractivity contribution in [1.29, 1.82) is 0 Å². The number of carbonyl (C=O) groups is 1. The van der Waals surface area contributed by atoms with Crippen molar-refractivity contribution in [2.75, 3.05) is 6.54 Å². The molecule has 1 atom stereocenters. The number of hydrogen-bond donors (Lipinski definition) is 0. The van der Waals surface area contributed by atoms with E-state index >= 15 is 0 Å². The molecule has 0 aromatic rings. The maximum absolute atomic E-state index is 11.3. The van der Waals surface area contributed by atoms with Crippen molar-refractivity contribution in [2.45, 2.75) is 26.8 Å². The first-order valence-corrected chi connectivity index (χ1v) is 4.38. The van der Waals surface area contributed by atoms with Gasteiger partial charge in [0.15, 0.2) is 0 Å². The zero-order chi connectivity index (χ0) is 10.1. The van der Waals surface area contributed by atoms with Crippen molar-refractivity contribution in [3.05, 3.63) is 12.7 Å². The Labute approximate surface area is 79.6 Å². The summed E-state index contributed by atoms with van der Waals surface area (Å²) in [6, 6.07) is 0.0583. The van der Waals surface area contributed by atoms with Gasteiger partial charge in [0.2, 0.25) is 5.91 Å². The molecular formula is C11H15NO. The van der Waals surface area contributed by atoms with Crippen LogP contribution in [0.5, 0.6) is 0 Å². The van der Waals surface area contributed by atoms with Gasteiger partial charge in [0, 0.05) is 12.0 Å². The largest absolute Gasteiger partial charge is 0.324 e. The molecule has 1 unspecified atom stereocenters. The Kier molecular flexibility index (Phi) is 2.47. The van der Waals surface area contributed by atoms with Gasteiger partial charge >= 0.3 is 0 Å². The van der Waals surface area contributed by atoms with E-state index in [0.717, 1.165) is 6.54 Å². The molecule has 1 heterocycles. The van der Waals surface area contributed by atoms with Crippen LogP contribution in [-0.2, 0) is 4.79 Å². The van der Waals surface area contributed by atoms with Gasteiger partial charge in [-0.3, -0.25) is 4.79 Å². The molecule has 2 nitrogen and oxygen atoms in total. The molecule has 70 valence electrons. The minimum atomic E-state index is -0.0212. The molecule has 1 aliphatic rings. The molecule has 1 fully saturated rings. The molecule has 0 aromatic carbocycles. The maximum atomic E-state index is 11.3. The number of nitrogens with zero attached hydrogens (tertiary/aromatic N) is 1. The monoisotopic (exact) mass is 177 g/mol. The second-order valence-electron chi connectivity index (χ2n) is 3.96. The Morgan fingerprint density at radius 2 is 2.31 bits per heavy atom. The minimum Gasteiger partial charge on any atom is -0.324 e. The quantitative estimate of drug-likeness (QED) is 0.438. The molecular weight excluding hydrogens is 162 g/mol. The van der Waals surface area contributed by atoms with Gasteiger partial charge in [-0.15, -0.1) is 5.92 Å². The lowest BCUT2D eigenvalue weighted by atomic mass is 9.75. The Bertz CT molecular complexity index is 293. The number of rotatable bonds is 1. The molecule has 1 saturated heterocycles. The third-order valence-corrected chi connectivity index (χ3v) is 2.37. The van der Waals surface area contributed by atoms with Crippen LogP contribution in [0.3, 0.4) is 0 Å². The van der Waals surface area contributed by atoms with Crippen LogP contribution in [0.25, 0.3) is 0 Å². The van der Waals surface area contributed by atoms with Gasteiger partial charge in [0.1, 0.15) is 6.04 Å². The van der Waals surface area contributed by atoms with E-state index in [4.69, 9.17) is 0 Å². The summed E-state index contributed by atoms with van der Waals surface area (Å²) in [6.07, 6.45) is 1.35. The lowest BCUT2D eigenvalue weighted by Crippen LogP contribution is -2.62. The molecule has 0 aliphatic carbocycles. The van der Waals surface area contributed by atoms with Crippen LogP contribution in [0.1, 0.15) is 20.8 Å². The lowest BCUT2D eigenvalue weighted by Gasteiger charge is -2.51. The van der Waals surface area contributed by atoms with Gasteiger partial charge in [-0.1, -0.05) is 26.3 Å². The second kappa shape index (κ2) is 3.26. The highest BCUT2D eigenvalue weighted by Gasteiger charge is 2.46. The molecule has 1 rings (SSSR count). The van der Waals surface area contributed by atoms with Crippen LogP contribution in [0.15, 0.2) is 12.7 Å². The summed E-state index contributed by atoms with van der Waals surface area (Å²) >= 11 is 0. The van der Waals surface area contributed by atoms with Crippen LogP contribution in [0.4, 0.5) is 0 Å². The van der Waals surface area contributed by atoms with Gasteiger partial charge in [-0.05, 0) is 13.0 Å². The number of carbonyl (C=O) groups excluding carboxylic acids is 1. The summed E-state index contributed by atoms with van der Waals surface area (Å²) in [4.78, 5) is 13.1. The van der Waals surface area contributed by atoms with Crippen molar-refractivity contribution in [1.82, 2.24) is 4.90 Å². The van der Waals surface area contributed by atoms with Crippen LogP contribution in [0, 0.1) is 17.3 Å². The molecule has 0 bridgehead atoms. The summed E-state index contributed by atoms with van der Waals surface area (Å²) < 4.78 is 0. The van der Waals surface area contributed by atoms with Gasteiger partial charge in [0.25, 0.3) is 0 Å². The fourth-order valence-electron chi connectivity index (χ4n) is 1.66. The predicted octanol–water partition coefficient (Wildman–Crippen LogP) is 1.43. The number of amides is 1. The molecule has 0 saturated carbocycles. The molecule has 13 heavy (non-hydrogen) atoms. The summed E-state index contributed by atoms with van der Waals surface area (Å²) in [6.45, 7) is 10.3. The van der Waals surface area contributed by atoms with Gasteiger partial charge in [0.05, 0.1) is 0 Å². The Hall–Kier alpha value is -1.23. The summed E-state index contributed by atoms with van der Waals surface area (Å²) in [5.41, 5.74) is 0.127. The van der Waals surface area contributed by atoms with E-state index < -0.39 is 0 Å². The summed E-state index contributed by atoms with van der Waals surface area (Å²) in [7, 11) is 0. The van der Waals surface area contributed by atoms with Gasteiger partial charge in [-0.25, -0.2) is 0 Å². The highest BCUT2D eigenvalue weighted by atomic mass is 16.2. The molecule has 0 N–H and O–H groups in total. The third-order valence-electron chi connectivity index (χ3n) is 2.37. The van der Waals surface area contributed by atoms with Crippen molar-refractivity contribution >= 4 is 5.91 Å². The number of likely N-dealkylation sites (tertiary alicyclic amines) is 1. The molecule has 1 aliphatic heterocycles. The first kappa shape index (κ1) is 9.85. The first-order chi connectivity index (χ1) is 6.03. The third kappa shape index (κ3) is 1.60. The SMILES string of the molecule is C=CC(=O)N1CC(C)(C)C1C#CC. The topological polar surface area (TPSA) is 20.3 Å². The van der Waals surface area contributed by atoms with E-state index in [9.17, 15) is 4.79 Å². The van der Waals surface area contributed by atoms with E-state index in [2.05, 4.69) is 32.3 Å². The second-order valence-corrected chi connectivity index (χ2v) is 3.96. The van der Waals surface area contributed by atoms with E-state index in [1.165, 1.54) is 6.08 Å². The normalized spacial score (nSPS) is 23.9. The standard InChI is InChI=1S/C11H15NO/c1-5-7-9-11(3,4)8-12(9)10(13)6-2/h6,9H,2,8H2,1,3-4H3. The van der Waals surface area contributed by atoms with Crippen LogP contribution in [0.2, 0.25) is 0 Å². The van der Waals surface area contributed by atoms with Crippen molar-refractivity contribution in [2.24, 2.45) is 5.41 Å². The highest BCUT2D eigenvalue weighted by molar-refractivity contribution is 5.88. The smallest absolute Gasteiger partial charge is 0.246 e. The lowest BCUT2D eigenvalue weighted by molar-refractivity contribution is -0.140. The fraction of sp³-hybridized carbons (Fsp3) is 0.545. The molecule has 0 aromatic heterocycles. The Balaban J connectivity index is 2.77. The van der Waals surface area contributed by atoms with Crippen molar-refractivity contribution < 1.29 is 4.79 Å². The minimum absolute atomic E-state index is 0.0212. The molecule has 1 amide bonds. The van der Waals surface area contributed by atoms with Crippen molar-refractivity contribution in [3.8, 4) is 11.8 Å². The highest BCUT2D eigenvalue weighted by Crippen LogP contribution is 2.36. The molecule has 0 radical (unpaired) electrons. The maximum Gasteiger partial charge on any atom is 0.246 e. The van der Waals surface area contributed by atoms with E-state index in [0.29, 0.717) is 0 Å². The van der Waals surface area contributed by atoms with E-state index in [1.807, 2.05) is 0 Å². The number of hydrogen-bond acceptors (Lipinski definition) is 1. The van der Waals surface area contributed by atoms with Crippen LogP contribution < -0.4 is 0 Å². The van der Waals surface area contributed by atoms with Gasteiger partial charge < -0.3 is 4.90 Å². The van der Waals surface area contributed by atoms with E-state index in [-0.39, 0.29) is 17.4 Å². The predicted molar refractivity (Wildman–Crippen MR) is 52.9 cm³/mol. The van der Waals surface area contributed by atoms with Crippen molar-refractivity contribution in [3.63, 3.8) is 0 Å². The molecule has 2 heteroatoms. The van der Waals surface area contributed by atoms with Crippen LogP contribution >= 0.6 is 0 Å². The average Bonchev–Trinajstić information content (AvgIpc) is 2.09. The summed E-state index contributed by atoms with van der Waals surface area (Å²) in [5, 5.41) is 0. The fourth-order valence-corrected chi connectivity index (χ4v) is 1.66. The zero-order valence-corrected chi connectivity index (χ0v) is 8.42. The summed E-state index contributed by atoms with van der Waals surface area (Å²) in [5.74, 6) is 5.88. The van der Waals surface area contributed by atoms with E-state index in [1.54, 1.807) is 11.8 Å². The molecule has 0 spiro atoms. The Morgan fingerprint density at radius 3 is 2.69 bits per heavy atom. The average molecular weight is 177 g/mol. The van der Waals surface area contributed by atoms with Gasteiger partial charge in [-0.2, -0.15) is 0 Å².